The number of ketones is 1. The van der Waals surface area contributed by atoms with Crippen LogP contribution in [0.2, 0.25) is 5.02 Å². The second kappa shape index (κ2) is 10.3. The van der Waals surface area contributed by atoms with E-state index in [1.54, 1.807) is 48.2 Å². The summed E-state index contributed by atoms with van der Waals surface area (Å²) in [4.78, 5) is 28.9. The Bertz CT molecular complexity index is 1250. The van der Waals surface area contributed by atoms with E-state index in [0.717, 1.165) is 10.7 Å². The summed E-state index contributed by atoms with van der Waals surface area (Å²) in [5, 5.41) is 10.6. The van der Waals surface area contributed by atoms with E-state index >= 15 is 0 Å². The predicted molar refractivity (Wildman–Crippen MR) is 136 cm³/mol. The van der Waals surface area contributed by atoms with Gasteiger partial charge in [0.25, 0.3) is 0 Å². The minimum atomic E-state index is -0.908. The minimum Gasteiger partial charge on any atom is -0.493 e. The average Bonchev–Trinajstić information content (AvgIpc) is 2.78. The van der Waals surface area contributed by atoms with Crippen LogP contribution in [0.3, 0.4) is 0 Å². The summed E-state index contributed by atoms with van der Waals surface area (Å²) in [5.41, 5.74) is 1.82. The third-order valence-electron chi connectivity index (χ3n) is 5.34. The van der Waals surface area contributed by atoms with Crippen LogP contribution in [0.25, 0.3) is 0 Å². The molecule has 8 heteroatoms. The highest BCUT2D eigenvalue weighted by Gasteiger charge is 2.29. The Hall–Kier alpha value is -3.03. The van der Waals surface area contributed by atoms with Crippen molar-refractivity contribution in [1.29, 1.82) is 0 Å². The van der Waals surface area contributed by atoms with Crippen molar-refractivity contribution in [3.63, 3.8) is 0 Å². The molecule has 1 aliphatic heterocycles. The van der Waals surface area contributed by atoms with Crippen LogP contribution < -0.4 is 9.47 Å². The van der Waals surface area contributed by atoms with Gasteiger partial charge in [-0.1, -0.05) is 38.4 Å². The molecule has 0 spiro atoms. The maximum atomic E-state index is 12.8. The topological polar surface area (TPSA) is 85.7 Å². The lowest BCUT2D eigenvalue weighted by atomic mass is 9.93. The third kappa shape index (κ3) is 6.35. The van der Waals surface area contributed by atoms with Crippen LogP contribution in [0.15, 0.2) is 59.6 Å². The van der Waals surface area contributed by atoms with Gasteiger partial charge in [-0.2, -0.15) is 0 Å². The van der Waals surface area contributed by atoms with Crippen molar-refractivity contribution >= 4 is 35.1 Å². The number of hydrogen-bond acceptors (Lipinski definition) is 6. The molecule has 0 fully saturated rings. The second-order valence-electron chi connectivity index (χ2n) is 9.26. The van der Waals surface area contributed by atoms with Crippen molar-refractivity contribution in [2.24, 2.45) is 0 Å². The molecule has 1 aromatic heterocycles. The average molecular weight is 512 g/mol. The maximum absolute atomic E-state index is 12.8. The van der Waals surface area contributed by atoms with Gasteiger partial charge in [0, 0.05) is 27.6 Å². The molecule has 1 atom stereocenters. The van der Waals surface area contributed by atoms with Gasteiger partial charge in [0.2, 0.25) is 0 Å². The molecule has 0 saturated carbocycles. The Morgan fingerprint density at radius 3 is 2.60 bits per heavy atom. The fraction of sp³-hybridized carbons (Fsp3) is 0.296. The number of carboxylic acid groups (broad SMARTS) is 1. The van der Waals surface area contributed by atoms with Gasteiger partial charge in [-0.05, 0) is 48.9 Å². The number of pyridine rings is 1. The number of fused-ring (bicyclic) bond motifs is 1. The van der Waals surface area contributed by atoms with Gasteiger partial charge in [-0.15, -0.1) is 11.8 Å². The van der Waals surface area contributed by atoms with E-state index in [9.17, 15) is 14.7 Å². The number of Topliss-reactive ketones (excluding diaryl/α,β-unsaturated/α-hetero) is 1. The number of rotatable bonds is 7. The van der Waals surface area contributed by atoms with Crippen molar-refractivity contribution in [2.75, 3.05) is 6.61 Å². The molecule has 1 unspecified atom stereocenters. The Morgan fingerprint density at radius 2 is 1.91 bits per heavy atom. The molecule has 2 heterocycles. The number of halogens is 1. The highest BCUT2D eigenvalue weighted by atomic mass is 35.5. The Labute approximate surface area is 213 Å². The first-order valence-electron chi connectivity index (χ1n) is 11.2. The zero-order chi connectivity index (χ0) is 25.2. The summed E-state index contributed by atoms with van der Waals surface area (Å²) in [6.45, 7) is 6.68. The first kappa shape index (κ1) is 25.1. The van der Waals surface area contributed by atoms with Crippen molar-refractivity contribution in [3.05, 3.63) is 76.4 Å². The Kier molecular flexibility index (Phi) is 7.38. The second-order valence-corrected chi connectivity index (χ2v) is 11.5. The molecule has 0 amide bonds. The van der Waals surface area contributed by atoms with Gasteiger partial charge in [-0.25, -0.2) is 4.98 Å². The molecule has 0 aliphatic carbocycles. The van der Waals surface area contributed by atoms with Crippen LogP contribution in [0, 0.1) is 0 Å². The van der Waals surface area contributed by atoms with Gasteiger partial charge < -0.3 is 14.6 Å². The zero-order valence-corrected chi connectivity index (χ0v) is 21.3. The number of aliphatic carboxylic acids is 1. The molecule has 0 radical (unpaired) electrons. The highest BCUT2D eigenvalue weighted by Crippen LogP contribution is 2.41. The monoisotopic (exact) mass is 511 g/mol. The van der Waals surface area contributed by atoms with E-state index in [2.05, 4.69) is 25.8 Å². The summed E-state index contributed by atoms with van der Waals surface area (Å²) in [5.74, 6) is -0.299. The van der Waals surface area contributed by atoms with Gasteiger partial charge in [0.05, 0.1) is 29.0 Å². The minimum absolute atomic E-state index is 0.0382. The van der Waals surface area contributed by atoms with E-state index in [-0.39, 0.29) is 17.0 Å². The number of nitrogens with zero attached hydrogens (tertiary/aromatic N) is 1. The molecular weight excluding hydrogens is 486 g/mol. The molecule has 3 aromatic rings. The van der Waals surface area contributed by atoms with Crippen molar-refractivity contribution in [1.82, 2.24) is 4.98 Å². The normalized spacial score (nSPS) is 15.1. The fourth-order valence-corrected chi connectivity index (χ4v) is 4.90. The first-order valence-corrected chi connectivity index (χ1v) is 12.4. The molecule has 6 nitrogen and oxygen atoms in total. The lowest BCUT2D eigenvalue weighted by Gasteiger charge is -2.24. The zero-order valence-electron chi connectivity index (χ0n) is 19.7. The van der Waals surface area contributed by atoms with Gasteiger partial charge in [0.15, 0.2) is 5.78 Å². The molecule has 2 aromatic carbocycles. The quantitative estimate of drug-likeness (QED) is 0.276. The standard InChI is InChI=1S/C27H26ClNO5S/c1-27(2,3)35-25-6-4-5-17(29-25)13-22(30)16-7-9-18(10-8-16)34-24-15-23-20(14-21(24)28)19(26(31)32)11-12-33-23/h4-10,14-15,19H,11-13H2,1-3H3,(H,31,32). The molecule has 35 heavy (non-hydrogen) atoms. The summed E-state index contributed by atoms with van der Waals surface area (Å²) < 4.78 is 11.6. The molecule has 1 N–H and O–H groups in total. The molecule has 1 aliphatic rings. The molecule has 4 rings (SSSR count). The highest BCUT2D eigenvalue weighted by molar-refractivity contribution is 8.00. The van der Waals surface area contributed by atoms with Crippen molar-refractivity contribution in [2.45, 2.75) is 49.3 Å². The summed E-state index contributed by atoms with van der Waals surface area (Å²) in [7, 11) is 0. The van der Waals surface area contributed by atoms with Crippen LogP contribution >= 0.6 is 23.4 Å². The van der Waals surface area contributed by atoms with Crippen LogP contribution in [0.1, 0.15) is 54.7 Å². The van der Waals surface area contributed by atoms with Crippen molar-refractivity contribution in [3.8, 4) is 17.2 Å². The largest absolute Gasteiger partial charge is 0.493 e. The number of benzene rings is 2. The van der Waals surface area contributed by atoms with Gasteiger partial charge >= 0.3 is 5.97 Å². The van der Waals surface area contributed by atoms with Crippen LogP contribution in [0.5, 0.6) is 17.2 Å². The number of aromatic nitrogens is 1. The van der Waals surface area contributed by atoms with E-state index in [1.165, 1.54) is 0 Å². The number of carbonyl (C=O) groups excluding carboxylic acids is 1. The molecule has 182 valence electrons. The molecule has 0 bridgehead atoms. The molecule has 0 saturated heterocycles. The Balaban J connectivity index is 1.45. The van der Waals surface area contributed by atoms with E-state index in [0.29, 0.717) is 46.4 Å². The predicted octanol–water partition coefficient (Wildman–Crippen LogP) is 6.79. The van der Waals surface area contributed by atoms with Crippen LogP contribution in [-0.2, 0) is 11.2 Å². The van der Waals surface area contributed by atoms with Gasteiger partial charge in [0.1, 0.15) is 17.2 Å². The van der Waals surface area contributed by atoms with Crippen LogP contribution in [0.4, 0.5) is 0 Å². The summed E-state index contributed by atoms with van der Waals surface area (Å²) in [6, 6.07) is 15.7. The number of carboxylic acids is 1. The van der Waals surface area contributed by atoms with E-state index < -0.39 is 11.9 Å². The number of ether oxygens (including phenoxy) is 2. The first-order chi connectivity index (χ1) is 16.6. The van der Waals surface area contributed by atoms with Gasteiger partial charge in [-0.3, -0.25) is 9.59 Å². The summed E-state index contributed by atoms with van der Waals surface area (Å²) >= 11 is 8.03. The smallest absolute Gasteiger partial charge is 0.311 e. The summed E-state index contributed by atoms with van der Waals surface area (Å²) in [6.07, 6.45) is 0.598. The number of thioether (sulfide) groups is 1. The number of carbonyl (C=O) groups is 2. The van der Waals surface area contributed by atoms with E-state index in [1.807, 2.05) is 18.2 Å². The third-order valence-corrected chi connectivity index (χ3v) is 6.68. The lowest BCUT2D eigenvalue weighted by Crippen LogP contribution is -2.20. The SMILES string of the molecule is CC(C)(C)Sc1cccc(CC(=O)c2ccc(Oc3cc4c(cc3Cl)C(C(=O)O)CCO4)cc2)n1. The van der Waals surface area contributed by atoms with Crippen LogP contribution in [-0.4, -0.2) is 33.2 Å². The Morgan fingerprint density at radius 1 is 1.17 bits per heavy atom. The van der Waals surface area contributed by atoms with Crippen molar-refractivity contribution < 1.29 is 24.2 Å². The van der Waals surface area contributed by atoms with E-state index in [4.69, 9.17) is 21.1 Å². The lowest BCUT2D eigenvalue weighted by molar-refractivity contribution is -0.139. The fourth-order valence-electron chi connectivity index (χ4n) is 3.75. The number of hydrogen-bond donors (Lipinski definition) is 1. The maximum Gasteiger partial charge on any atom is 0.311 e. The molecular formula is C27H26ClNO5S.